The van der Waals surface area contributed by atoms with E-state index >= 15 is 0 Å². The summed E-state index contributed by atoms with van der Waals surface area (Å²) in [6.07, 6.45) is 3.25. The molecule has 0 bridgehead atoms. The minimum atomic E-state index is 0.157. The summed E-state index contributed by atoms with van der Waals surface area (Å²) in [5, 5.41) is 0.715. The van der Waals surface area contributed by atoms with Crippen LogP contribution < -0.4 is 10.5 Å². The molecular weight excluding hydrogens is 338 g/mol. The van der Waals surface area contributed by atoms with Gasteiger partial charge >= 0.3 is 0 Å². The van der Waals surface area contributed by atoms with E-state index in [0.717, 1.165) is 57.7 Å². The molecule has 1 aliphatic carbocycles. The third kappa shape index (κ3) is 4.87. The second kappa shape index (κ2) is 8.88. The summed E-state index contributed by atoms with van der Waals surface area (Å²) in [7, 11) is 0. The fraction of sp³-hybridized carbons (Fsp3) is 0.632. The van der Waals surface area contributed by atoms with Gasteiger partial charge in [-0.25, -0.2) is 0 Å². The molecule has 1 amide bonds. The predicted molar refractivity (Wildman–Crippen MR) is 99.9 cm³/mol. The Morgan fingerprint density at radius 3 is 2.56 bits per heavy atom. The van der Waals surface area contributed by atoms with Crippen LogP contribution in [0.15, 0.2) is 24.3 Å². The van der Waals surface area contributed by atoms with E-state index in [-0.39, 0.29) is 5.92 Å². The number of amides is 1. The molecule has 138 valence electrons. The summed E-state index contributed by atoms with van der Waals surface area (Å²) in [6, 6.07) is 7.43. The van der Waals surface area contributed by atoms with E-state index in [1.807, 2.05) is 29.2 Å². The molecule has 1 aromatic carbocycles. The smallest absolute Gasteiger partial charge is 0.226 e. The number of carbonyl (C=O) groups is 1. The highest BCUT2D eigenvalue weighted by molar-refractivity contribution is 6.30. The molecule has 1 saturated carbocycles. The van der Waals surface area contributed by atoms with Gasteiger partial charge < -0.3 is 15.4 Å². The number of ether oxygens (including phenoxy) is 1. The molecule has 1 aliphatic heterocycles. The monoisotopic (exact) mass is 365 g/mol. The van der Waals surface area contributed by atoms with Gasteiger partial charge in [0.1, 0.15) is 12.4 Å². The molecule has 1 aromatic rings. The Labute approximate surface area is 155 Å². The van der Waals surface area contributed by atoms with Gasteiger partial charge in [-0.15, -0.1) is 0 Å². The number of rotatable bonds is 6. The zero-order chi connectivity index (χ0) is 17.6. The maximum Gasteiger partial charge on any atom is 0.226 e. The van der Waals surface area contributed by atoms with Crippen LogP contribution in [-0.2, 0) is 4.79 Å². The highest BCUT2D eigenvalue weighted by Crippen LogP contribution is 2.32. The van der Waals surface area contributed by atoms with Gasteiger partial charge in [0.2, 0.25) is 5.91 Å². The Bertz CT molecular complexity index is 558. The Morgan fingerprint density at radius 1 is 1.16 bits per heavy atom. The van der Waals surface area contributed by atoms with Gasteiger partial charge in [0, 0.05) is 43.7 Å². The Hall–Kier alpha value is -1.30. The Kier molecular flexibility index (Phi) is 6.57. The van der Waals surface area contributed by atoms with Crippen molar-refractivity contribution in [1.82, 2.24) is 9.80 Å². The topological polar surface area (TPSA) is 58.8 Å². The van der Waals surface area contributed by atoms with Crippen molar-refractivity contribution in [3.05, 3.63) is 29.3 Å². The second-order valence-electron chi connectivity index (χ2n) is 7.00. The van der Waals surface area contributed by atoms with Crippen LogP contribution in [0, 0.1) is 11.8 Å². The highest BCUT2D eigenvalue weighted by atomic mass is 35.5. The van der Waals surface area contributed by atoms with E-state index in [0.29, 0.717) is 30.0 Å². The standard InChI is InChI=1S/C19H28ClN3O2/c20-16-4-6-17(7-5-16)25-13-12-22-8-10-23(11-9-22)19(24)18-3-1-2-15(18)14-21/h4-7,15,18H,1-3,8-14,21H2/t15-,18-/m1/s1. The molecule has 25 heavy (non-hydrogen) atoms. The normalized spacial score (nSPS) is 24.5. The van der Waals surface area contributed by atoms with Crippen molar-refractivity contribution in [3.8, 4) is 5.75 Å². The van der Waals surface area contributed by atoms with Crippen LogP contribution in [0.3, 0.4) is 0 Å². The van der Waals surface area contributed by atoms with Crippen LogP contribution >= 0.6 is 11.6 Å². The number of hydrogen-bond acceptors (Lipinski definition) is 4. The summed E-state index contributed by atoms with van der Waals surface area (Å²) in [5.41, 5.74) is 5.82. The molecule has 5 nitrogen and oxygen atoms in total. The molecule has 3 rings (SSSR count). The summed E-state index contributed by atoms with van der Waals surface area (Å²) >= 11 is 5.87. The van der Waals surface area contributed by atoms with Gasteiger partial charge in [-0.1, -0.05) is 18.0 Å². The van der Waals surface area contributed by atoms with Crippen LogP contribution in [0.5, 0.6) is 5.75 Å². The van der Waals surface area contributed by atoms with Crippen LogP contribution in [0.4, 0.5) is 0 Å². The van der Waals surface area contributed by atoms with E-state index in [1.165, 1.54) is 0 Å². The average Bonchev–Trinajstić information content (AvgIpc) is 3.12. The van der Waals surface area contributed by atoms with E-state index in [4.69, 9.17) is 22.1 Å². The maximum absolute atomic E-state index is 12.7. The van der Waals surface area contributed by atoms with Gasteiger partial charge in [-0.2, -0.15) is 0 Å². The molecule has 1 saturated heterocycles. The van der Waals surface area contributed by atoms with Crippen molar-refractivity contribution in [2.45, 2.75) is 19.3 Å². The van der Waals surface area contributed by atoms with Crippen molar-refractivity contribution in [2.75, 3.05) is 45.9 Å². The van der Waals surface area contributed by atoms with Crippen molar-refractivity contribution in [1.29, 1.82) is 0 Å². The van der Waals surface area contributed by atoms with Crippen LogP contribution in [0.2, 0.25) is 5.02 Å². The molecular formula is C19H28ClN3O2. The number of piperazine rings is 1. The predicted octanol–water partition coefficient (Wildman–Crippen LogP) is 2.24. The van der Waals surface area contributed by atoms with Gasteiger partial charge in [-0.05, 0) is 49.6 Å². The van der Waals surface area contributed by atoms with Crippen LogP contribution in [-0.4, -0.2) is 61.6 Å². The largest absolute Gasteiger partial charge is 0.492 e. The number of halogens is 1. The van der Waals surface area contributed by atoms with Crippen molar-refractivity contribution >= 4 is 17.5 Å². The number of carbonyl (C=O) groups excluding carboxylic acids is 1. The van der Waals surface area contributed by atoms with E-state index < -0.39 is 0 Å². The van der Waals surface area contributed by atoms with Crippen LogP contribution in [0.1, 0.15) is 19.3 Å². The molecule has 2 fully saturated rings. The second-order valence-corrected chi connectivity index (χ2v) is 7.44. The molecule has 2 aliphatic rings. The minimum absolute atomic E-state index is 0.157. The molecule has 0 unspecified atom stereocenters. The number of benzene rings is 1. The molecule has 6 heteroatoms. The fourth-order valence-corrected chi connectivity index (χ4v) is 4.02. The zero-order valence-corrected chi connectivity index (χ0v) is 15.5. The summed E-state index contributed by atoms with van der Waals surface area (Å²) < 4.78 is 5.75. The third-order valence-corrected chi connectivity index (χ3v) is 5.70. The molecule has 0 radical (unpaired) electrons. The first kappa shape index (κ1) is 18.5. The molecule has 2 N–H and O–H groups in total. The lowest BCUT2D eigenvalue weighted by atomic mass is 9.94. The van der Waals surface area contributed by atoms with Gasteiger partial charge in [0.05, 0.1) is 0 Å². The first-order valence-electron chi connectivity index (χ1n) is 9.27. The summed E-state index contributed by atoms with van der Waals surface area (Å²) in [5.74, 6) is 1.71. The molecule has 0 aromatic heterocycles. The number of nitrogens with two attached hydrogens (primary N) is 1. The van der Waals surface area contributed by atoms with E-state index in [2.05, 4.69) is 4.90 Å². The lowest BCUT2D eigenvalue weighted by Gasteiger charge is -2.36. The molecule has 2 atom stereocenters. The molecule has 1 heterocycles. The quantitative estimate of drug-likeness (QED) is 0.839. The fourth-order valence-electron chi connectivity index (χ4n) is 3.89. The summed E-state index contributed by atoms with van der Waals surface area (Å²) in [4.78, 5) is 17.1. The first-order chi connectivity index (χ1) is 12.2. The average molecular weight is 366 g/mol. The molecule has 0 spiro atoms. The van der Waals surface area contributed by atoms with Gasteiger partial charge in [0.15, 0.2) is 0 Å². The SMILES string of the molecule is NC[C@H]1CCC[C@H]1C(=O)N1CCN(CCOc2ccc(Cl)cc2)CC1. The number of nitrogens with zero attached hydrogens (tertiary/aromatic N) is 2. The maximum atomic E-state index is 12.7. The lowest BCUT2D eigenvalue weighted by molar-refractivity contribution is -0.138. The van der Waals surface area contributed by atoms with E-state index in [1.54, 1.807) is 0 Å². The third-order valence-electron chi connectivity index (χ3n) is 5.45. The van der Waals surface area contributed by atoms with Crippen molar-refractivity contribution < 1.29 is 9.53 Å². The Balaban J connectivity index is 1.38. The number of hydrogen-bond donors (Lipinski definition) is 1. The Morgan fingerprint density at radius 2 is 1.88 bits per heavy atom. The zero-order valence-electron chi connectivity index (χ0n) is 14.7. The first-order valence-corrected chi connectivity index (χ1v) is 9.64. The highest BCUT2D eigenvalue weighted by Gasteiger charge is 2.35. The van der Waals surface area contributed by atoms with Crippen molar-refractivity contribution in [3.63, 3.8) is 0 Å². The summed E-state index contributed by atoms with van der Waals surface area (Å²) in [6.45, 7) is 5.61. The minimum Gasteiger partial charge on any atom is -0.492 e. The van der Waals surface area contributed by atoms with Gasteiger partial charge in [-0.3, -0.25) is 9.69 Å². The lowest BCUT2D eigenvalue weighted by Crippen LogP contribution is -2.51. The van der Waals surface area contributed by atoms with Crippen LogP contribution in [0.25, 0.3) is 0 Å². The van der Waals surface area contributed by atoms with E-state index in [9.17, 15) is 4.79 Å². The van der Waals surface area contributed by atoms with Gasteiger partial charge in [0.25, 0.3) is 0 Å². The van der Waals surface area contributed by atoms with Crippen molar-refractivity contribution in [2.24, 2.45) is 17.6 Å².